The molecule has 0 amide bonds. The highest BCUT2D eigenvalue weighted by Gasteiger charge is 2.08. The zero-order chi connectivity index (χ0) is 10.1. The molecule has 0 bridgehead atoms. The van der Waals surface area contributed by atoms with Crippen molar-refractivity contribution in [2.24, 2.45) is 0 Å². The van der Waals surface area contributed by atoms with Crippen LogP contribution in [-0.4, -0.2) is 18.6 Å². The average molecular weight is 223 g/mol. The molecule has 0 heterocycles. The molecule has 0 atom stereocenters. The van der Waals surface area contributed by atoms with Crippen molar-refractivity contribution in [2.45, 2.75) is 5.75 Å². The molecular weight excluding hydrogens is 216 g/mol. The van der Waals surface area contributed by atoms with Crippen molar-refractivity contribution in [3.63, 3.8) is 0 Å². The third-order valence-electron chi connectivity index (χ3n) is 1.38. The first-order valence-corrected chi connectivity index (χ1v) is 5.79. The maximum absolute atomic E-state index is 10.6. The number of aromatic hydroxyl groups is 2. The fourth-order valence-electron chi connectivity index (χ4n) is 0.858. The summed E-state index contributed by atoms with van der Waals surface area (Å²) >= 11 is 0. The van der Waals surface area contributed by atoms with Gasteiger partial charge in [-0.1, -0.05) is 6.07 Å². The van der Waals surface area contributed by atoms with Crippen molar-refractivity contribution in [1.82, 2.24) is 0 Å². The average Bonchev–Trinajstić information content (AvgIpc) is 1.94. The first-order chi connectivity index (χ1) is 5.88. The maximum atomic E-state index is 10.6. The van der Waals surface area contributed by atoms with Crippen LogP contribution in [0, 0.1) is 0 Å². The summed E-state index contributed by atoms with van der Waals surface area (Å²) in [5, 5.41) is 17.9. The lowest BCUT2D eigenvalue weighted by Crippen LogP contribution is -1.94. The monoisotopic (exact) mass is 222 g/mol. The summed E-state index contributed by atoms with van der Waals surface area (Å²) in [6.07, 6.45) is 0. The summed E-state index contributed by atoms with van der Waals surface area (Å²) in [5.41, 5.74) is 0.324. The van der Waals surface area contributed by atoms with Gasteiger partial charge < -0.3 is 10.2 Å². The van der Waals surface area contributed by atoms with Crippen LogP contribution < -0.4 is 0 Å². The smallest absolute Gasteiger partial charge is 0.236 e. The number of rotatable bonds is 2. The van der Waals surface area contributed by atoms with Gasteiger partial charge in [-0.05, 0) is 17.7 Å². The van der Waals surface area contributed by atoms with Gasteiger partial charge in [0.1, 0.15) is 0 Å². The fourth-order valence-corrected chi connectivity index (χ4v) is 1.81. The van der Waals surface area contributed by atoms with Crippen molar-refractivity contribution in [1.29, 1.82) is 0 Å². The van der Waals surface area contributed by atoms with Crippen molar-refractivity contribution in [3.8, 4) is 11.5 Å². The molecule has 0 saturated carbocycles. The predicted octanol–water partition coefficient (Wildman–Crippen LogP) is 1.17. The number of benzene rings is 1. The number of halogens is 1. The van der Waals surface area contributed by atoms with Gasteiger partial charge in [-0.15, -0.1) is 0 Å². The van der Waals surface area contributed by atoms with Crippen LogP contribution in [0.3, 0.4) is 0 Å². The minimum absolute atomic E-state index is 0.296. The van der Waals surface area contributed by atoms with E-state index in [4.69, 9.17) is 20.9 Å². The third kappa shape index (κ3) is 3.12. The molecular formula is C7H7ClO4S. The van der Waals surface area contributed by atoms with Gasteiger partial charge in [-0.2, -0.15) is 0 Å². The maximum Gasteiger partial charge on any atom is 0.236 e. The molecule has 72 valence electrons. The zero-order valence-electron chi connectivity index (χ0n) is 6.44. The van der Waals surface area contributed by atoms with Gasteiger partial charge in [0.25, 0.3) is 0 Å². The van der Waals surface area contributed by atoms with E-state index in [2.05, 4.69) is 0 Å². The van der Waals surface area contributed by atoms with E-state index in [9.17, 15) is 8.42 Å². The Morgan fingerprint density at radius 1 is 1.23 bits per heavy atom. The Bertz CT molecular complexity index is 413. The number of phenolic OH excluding ortho intramolecular Hbond substituents is 2. The van der Waals surface area contributed by atoms with E-state index >= 15 is 0 Å². The van der Waals surface area contributed by atoms with Gasteiger partial charge in [0.15, 0.2) is 11.5 Å². The van der Waals surface area contributed by atoms with Crippen molar-refractivity contribution in [2.75, 3.05) is 0 Å². The lowest BCUT2D eigenvalue weighted by molar-refractivity contribution is 0.403. The molecule has 2 N–H and O–H groups in total. The fraction of sp³-hybridized carbons (Fsp3) is 0.143. The van der Waals surface area contributed by atoms with Crippen molar-refractivity contribution < 1.29 is 18.6 Å². The summed E-state index contributed by atoms with van der Waals surface area (Å²) in [6.45, 7) is 0. The molecule has 0 aliphatic heterocycles. The Kier molecular flexibility index (Phi) is 2.68. The highest BCUT2D eigenvalue weighted by molar-refractivity contribution is 8.13. The Labute approximate surface area is 79.8 Å². The van der Waals surface area contributed by atoms with Gasteiger partial charge in [-0.3, -0.25) is 0 Å². The van der Waals surface area contributed by atoms with E-state index in [1.54, 1.807) is 0 Å². The summed E-state index contributed by atoms with van der Waals surface area (Å²) in [4.78, 5) is 0. The lowest BCUT2D eigenvalue weighted by Gasteiger charge is -2.00. The minimum Gasteiger partial charge on any atom is -0.504 e. The van der Waals surface area contributed by atoms with E-state index in [-0.39, 0.29) is 17.3 Å². The number of phenols is 2. The number of hydrogen-bond acceptors (Lipinski definition) is 4. The second-order valence-electron chi connectivity index (χ2n) is 2.51. The van der Waals surface area contributed by atoms with Crippen LogP contribution in [0.25, 0.3) is 0 Å². The number of hydrogen-bond donors (Lipinski definition) is 2. The first kappa shape index (κ1) is 10.1. The van der Waals surface area contributed by atoms with Gasteiger partial charge in [0.05, 0.1) is 5.75 Å². The SMILES string of the molecule is O=S(=O)(Cl)Cc1ccc(O)c(O)c1. The van der Waals surface area contributed by atoms with Crippen molar-refractivity contribution in [3.05, 3.63) is 23.8 Å². The van der Waals surface area contributed by atoms with Gasteiger partial charge in [0.2, 0.25) is 9.05 Å². The minimum atomic E-state index is -3.63. The van der Waals surface area contributed by atoms with E-state index in [1.807, 2.05) is 0 Å². The standard InChI is InChI=1S/C7H7ClO4S/c8-13(11,12)4-5-1-2-6(9)7(10)3-5/h1-3,9-10H,4H2. The van der Waals surface area contributed by atoms with Crippen LogP contribution >= 0.6 is 10.7 Å². The molecule has 0 saturated heterocycles. The molecule has 0 unspecified atom stereocenters. The Morgan fingerprint density at radius 2 is 1.85 bits per heavy atom. The molecule has 0 aliphatic carbocycles. The summed E-state index contributed by atoms with van der Waals surface area (Å²) in [7, 11) is 1.36. The first-order valence-electron chi connectivity index (χ1n) is 3.32. The van der Waals surface area contributed by atoms with Crippen LogP contribution in [0.1, 0.15) is 5.56 Å². The Balaban J connectivity index is 2.99. The molecule has 13 heavy (non-hydrogen) atoms. The largest absolute Gasteiger partial charge is 0.504 e. The molecule has 0 aliphatic rings. The molecule has 0 fully saturated rings. The Hall–Kier alpha value is -0.940. The topological polar surface area (TPSA) is 74.6 Å². The molecule has 1 rings (SSSR count). The molecule has 0 spiro atoms. The zero-order valence-corrected chi connectivity index (χ0v) is 8.01. The second-order valence-corrected chi connectivity index (χ2v) is 5.28. The predicted molar refractivity (Wildman–Crippen MR) is 48.2 cm³/mol. The molecule has 0 aromatic heterocycles. The normalized spacial score (nSPS) is 11.5. The van der Waals surface area contributed by atoms with Crippen LogP contribution in [0.2, 0.25) is 0 Å². The van der Waals surface area contributed by atoms with E-state index in [0.29, 0.717) is 5.56 Å². The Morgan fingerprint density at radius 3 is 2.31 bits per heavy atom. The molecule has 0 radical (unpaired) electrons. The van der Waals surface area contributed by atoms with Crippen LogP contribution in [0.5, 0.6) is 11.5 Å². The summed E-state index contributed by atoms with van der Waals surface area (Å²) in [5.74, 6) is -1.03. The summed E-state index contributed by atoms with van der Waals surface area (Å²) in [6, 6.07) is 3.72. The quantitative estimate of drug-likeness (QED) is 0.582. The van der Waals surface area contributed by atoms with Gasteiger partial charge >= 0.3 is 0 Å². The van der Waals surface area contributed by atoms with Crippen LogP contribution in [0.15, 0.2) is 18.2 Å². The second kappa shape index (κ2) is 3.43. The third-order valence-corrected chi connectivity index (χ3v) is 2.38. The van der Waals surface area contributed by atoms with Crippen LogP contribution in [0.4, 0.5) is 0 Å². The van der Waals surface area contributed by atoms with E-state index in [1.165, 1.54) is 12.1 Å². The highest BCUT2D eigenvalue weighted by Crippen LogP contribution is 2.26. The van der Waals surface area contributed by atoms with Crippen molar-refractivity contribution >= 4 is 19.7 Å². The lowest BCUT2D eigenvalue weighted by atomic mass is 10.2. The van der Waals surface area contributed by atoms with Crippen LogP contribution in [-0.2, 0) is 14.8 Å². The van der Waals surface area contributed by atoms with Gasteiger partial charge in [0, 0.05) is 10.7 Å². The molecule has 1 aromatic carbocycles. The van der Waals surface area contributed by atoms with E-state index in [0.717, 1.165) is 6.07 Å². The molecule has 4 nitrogen and oxygen atoms in total. The van der Waals surface area contributed by atoms with Gasteiger partial charge in [-0.25, -0.2) is 8.42 Å². The van der Waals surface area contributed by atoms with E-state index < -0.39 is 9.05 Å². The molecule has 6 heteroatoms. The highest BCUT2D eigenvalue weighted by atomic mass is 35.7. The molecule has 1 aromatic rings. The summed E-state index contributed by atoms with van der Waals surface area (Å²) < 4.78 is 21.2.